The van der Waals surface area contributed by atoms with Crippen LogP contribution in [-0.2, 0) is 0 Å². The second-order valence-corrected chi connectivity index (χ2v) is 7.78. The third kappa shape index (κ3) is 4.07. The van der Waals surface area contributed by atoms with Gasteiger partial charge in [-0.05, 0) is 48.5 Å². The first-order valence-electron chi connectivity index (χ1n) is 9.53. The van der Waals surface area contributed by atoms with Gasteiger partial charge in [0.2, 0.25) is 5.72 Å². The van der Waals surface area contributed by atoms with Crippen LogP contribution < -0.4 is 10.6 Å². The van der Waals surface area contributed by atoms with Gasteiger partial charge in [0, 0.05) is 11.1 Å². The average molecular weight is 483 g/mol. The largest absolute Gasteiger partial charge is 0.459 e. The van der Waals surface area contributed by atoms with Gasteiger partial charge in [-0.2, -0.15) is 13.2 Å². The molecule has 1 aliphatic rings. The van der Waals surface area contributed by atoms with Crippen molar-refractivity contribution >= 4 is 23.4 Å². The maximum Gasteiger partial charge on any atom is 0.437 e. The highest BCUT2D eigenvalue weighted by Gasteiger charge is 2.66. The molecule has 0 spiro atoms. The average Bonchev–Trinajstić information content (AvgIpc) is 3.23. The van der Waals surface area contributed by atoms with Crippen molar-refractivity contribution in [2.24, 2.45) is 5.92 Å². The molecule has 0 unspecified atom stereocenters. The predicted octanol–water partition coefficient (Wildman–Crippen LogP) is 4.84. The number of ketones is 1. The fraction of sp³-hybridized carbons (Fsp3) is 0.182. The number of rotatable bonds is 4. The van der Waals surface area contributed by atoms with Crippen molar-refractivity contribution in [2.75, 3.05) is 0 Å². The van der Waals surface area contributed by atoms with Crippen molar-refractivity contribution in [3.05, 3.63) is 82.8 Å². The van der Waals surface area contributed by atoms with Crippen LogP contribution in [0.5, 0.6) is 0 Å². The standard InChI is InChI=1S/C22H15ClF4N2O4/c23-14-4-2-1-3-13(14)15-9-10-16(33-15)18-17(19(30)11-5-7-12(24)8-6-11)21(32,22(25,26)27)29-20(31)28-18/h1-10,17-18,32H,(H2,28,29,31)/t17-,18-,21-/m1/s1. The van der Waals surface area contributed by atoms with Gasteiger partial charge in [-0.1, -0.05) is 23.7 Å². The van der Waals surface area contributed by atoms with Crippen molar-refractivity contribution in [1.29, 1.82) is 0 Å². The van der Waals surface area contributed by atoms with Gasteiger partial charge in [-0.3, -0.25) is 4.79 Å². The summed E-state index contributed by atoms with van der Waals surface area (Å²) in [5.41, 5.74) is -3.80. The number of alkyl halides is 3. The topological polar surface area (TPSA) is 91.6 Å². The number of Topliss-reactive ketones (excluding diaryl/α,β-unsaturated/α-hetero) is 1. The van der Waals surface area contributed by atoms with E-state index in [1.807, 2.05) is 0 Å². The van der Waals surface area contributed by atoms with Crippen LogP contribution in [0.4, 0.5) is 22.4 Å². The Kier molecular flexibility index (Phi) is 5.67. The zero-order chi connectivity index (χ0) is 24.0. The van der Waals surface area contributed by atoms with Crippen molar-refractivity contribution in [1.82, 2.24) is 10.6 Å². The van der Waals surface area contributed by atoms with E-state index in [0.29, 0.717) is 10.6 Å². The van der Waals surface area contributed by atoms with Crippen LogP contribution in [0.15, 0.2) is 65.1 Å². The molecule has 11 heteroatoms. The maximum absolute atomic E-state index is 13.9. The molecule has 6 nitrogen and oxygen atoms in total. The molecule has 33 heavy (non-hydrogen) atoms. The molecule has 0 radical (unpaired) electrons. The number of furan rings is 1. The number of hydrogen-bond donors (Lipinski definition) is 3. The molecular formula is C22H15ClF4N2O4. The predicted molar refractivity (Wildman–Crippen MR) is 109 cm³/mol. The van der Waals surface area contributed by atoms with Crippen LogP contribution in [0.2, 0.25) is 5.02 Å². The van der Waals surface area contributed by atoms with Gasteiger partial charge in [0.15, 0.2) is 5.78 Å². The zero-order valence-corrected chi connectivity index (χ0v) is 17.2. The summed E-state index contributed by atoms with van der Waals surface area (Å²) in [5, 5.41) is 14.5. The Morgan fingerprint density at radius 2 is 1.73 bits per heavy atom. The van der Waals surface area contributed by atoms with Crippen LogP contribution >= 0.6 is 11.6 Å². The molecule has 3 aromatic rings. The number of carbonyl (C=O) groups is 2. The van der Waals surface area contributed by atoms with E-state index in [9.17, 15) is 32.3 Å². The molecule has 2 aromatic carbocycles. The lowest BCUT2D eigenvalue weighted by Gasteiger charge is -2.44. The quantitative estimate of drug-likeness (QED) is 0.366. The van der Waals surface area contributed by atoms with Crippen molar-refractivity contribution < 1.29 is 36.7 Å². The van der Waals surface area contributed by atoms with Gasteiger partial charge >= 0.3 is 12.2 Å². The minimum Gasteiger partial charge on any atom is -0.459 e. The minimum absolute atomic E-state index is 0.173. The molecule has 172 valence electrons. The Morgan fingerprint density at radius 1 is 1.06 bits per heavy atom. The first-order valence-corrected chi connectivity index (χ1v) is 9.91. The highest BCUT2D eigenvalue weighted by atomic mass is 35.5. The van der Waals surface area contributed by atoms with E-state index >= 15 is 0 Å². The lowest BCUT2D eigenvalue weighted by Crippen LogP contribution is -2.72. The Hall–Kier alpha value is -3.37. The Balaban J connectivity index is 1.82. The summed E-state index contributed by atoms with van der Waals surface area (Å²) < 4.78 is 60.8. The summed E-state index contributed by atoms with van der Waals surface area (Å²) in [4.78, 5) is 25.2. The number of aliphatic hydroxyl groups is 1. The molecular weight excluding hydrogens is 468 g/mol. The Morgan fingerprint density at radius 3 is 2.36 bits per heavy atom. The van der Waals surface area contributed by atoms with E-state index in [1.165, 1.54) is 17.4 Å². The van der Waals surface area contributed by atoms with Gasteiger partial charge in [0.05, 0.1) is 5.02 Å². The minimum atomic E-state index is -5.43. The SMILES string of the molecule is O=C1N[C@H](c2ccc(-c3ccccc3Cl)o2)[C@H](C(=O)c2ccc(F)cc2)[C@@](O)(C(F)(F)F)N1. The summed E-state index contributed by atoms with van der Waals surface area (Å²) >= 11 is 6.14. The number of hydrogen-bond acceptors (Lipinski definition) is 4. The van der Waals surface area contributed by atoms with Crippen LogP contribution in [0.25, 0.3) is 11.3 Å². The number of nitrogens with one attached hydrogen (secondary N) is 2. The summed E-state index contributed by atoms with van der Waals surface area (Å²) in [5.74, 6) is -4.25. The van der Waals surface area contributed by atoms with Crippen molar-refractivity contribution in [3.8, 4) is 11.3 Å². The Labute approximate surface area is 189 Å². The van der Waals surface area contributed by atoms with Crippen LogP contribution in [0.3, 0.4) is 0 Å². The highest BCUT2D eigenvalue weighted by molar-refractivity contribution is 6.33. The lowest BCUT2D eigenvalue weighted by atomic mass is 9.79. The molecule has 0 saturated carbocycles. The van der Waals surface area contributed by atoms with Gasteiger partial charge in [-0.25, -0.2) is 9.18 Å². The van der Waals surface area contributed by atoms with Crippen molar-refractivity contribution in [3.63, 3.8) is 0 Å². The molecule has 3 N–H and O–H groups in total. The third-order valence-corrected chi connectivity index (χ3v) is 5.62. The second kappa shape index (κ2) is 8.20. The van der Waals surface area contributed by atoms with Gasteiger partial charge in [0.25, 0.3) is 0 Å². The van der Waals surface area contributed by atoms with Gasteiger partial charge in [-0.15, -0.1) is 0 Å². The molecule has 2 amide bonds. The zero-order valence-electron chi connectivity index (χ0n) is 16.5. The first-order chi connectivity index (χ1) is 15.5. The number of halogens is 5. The molecule has 3 atom stereocenters. The fourth-order valence-electron chi connectivity index (χ4n) is 3.70. The summed E-state index contributed by atoms with van der Waals surface area (Å²) in [6.07, 6.45) is -5.43. The normalized spacial score (nSPS) is 23.0. The number of benzene rings is 2. The summed E-state index contributed by atoms with van der Waals surface area (Å²) in [6.45, 7) is 0. The molecule has 1 aromatic heterocycles. The number of urea groups is 1. The van der Waals surface area contributed by atoms with Crippen LogP contribution in [0.1, 0.15) is 22.2 Å². The molecule has 0 aliphatic carbocycles. The molecule has 0 bridgehead atoms. The first kappa shape index (κ1) is 22.8. The van der Waals surface area contributed by atoms with Crippen LogP contribution in [-0.4, -0.2) is 28.8 Å². The smallest absolute Gasteiger partial charge is 0.437 e. The van der Waals surface area contributed by atoms with E-state index in [0.717, 1.165) is 24.3 Å². The highest BCUT2D eigenvalue weighted by Crippen LogP contribution is 2.45. The van der Waals surface area contributed by atoms with E-state index < -0.39 is 41.5 Å². The molecule has 1 aliphatic heterocycles. The third-order valence-electron chi connectivity index (χ3n) is 5.29. The van der Waals surface area contributed by atoms with E-state index in [4.69, 9.17) is 16.0 Å². The Bertz CT molecular complexity index is 1210. The fourth-order valence-corrected chi connectivity index (χ4v) is 3.92. The van der Waals surface area contributed by atoms with Gasteiger partial charge in [0.1, 0.15) is 29.3 Å². The van der Waals surface area contributed by atoms with Crippen molar-refractivity contribution in [2.45, 2.75) is 17.9 Å². The lowest BCUT2D eigenvalue weighted by molar-refractivity contribution is -0.288. The maximum atomic E-state index is 13.9. The number of amides is 2. The van der Waals surface area contributed by atoms with Crippen LogP contribution in [0, 0.1) is 11.7 Å². The summed E-state index contributed by atoms with van der Waals surface area (Å²) in [7, 11) is 0. The molecule has 1 fully saturated rings. The molecule has 1 saturated heterocycles. The molecule has 2 heterocycles. The van der Waals surface area contributed by atoms with E-state index in [-0.39, 0.29) is 17.1 Å². The second-order valence-electron chi connectivity index (χ2n) is 7.37. The molecule has 4 rings (SSSR count). The van der Waals surface area contributed by atoms with E-state index in [2.05, 4.69) is 5.32 Å². The van der Waals surface area contributed by atoms with Gasteiger partial charge < -0.3 is 20.2 Å². The monoisotopic (exact) mass is 482 g/mol. The summed E-state index contributed by atoms with van der Waals surface area (Å²) in [6, 6.07) is 9.90. The number of carbonyl (C=O) groups excluding carboxylic acids is 2. The van der Waals surface area contributed by atoms with E-state index in [1.54, 1.807) is 24.3 Å².